The van der Waals surface area contributed by atoms with E-state index in [1.807, 2.05) is 12.1 Å². The summed E-state index contributed by atoms with van der Waals surface area (Å²) in [4.78, 5) is 0. The van der Waals surface area contributed by atoms with E-state index in [0.717, 1.165) is 49.0 Å². The van der Waals surface area contributed by atoms with Crippen LogP contribution >= 0.6 is 11.6 Å². The highest BCUT2D eigenvalue weighted by Gasteiger charge is 2.33. The molecule has 1 aromatic carbocycles. The molecule has 1 aromatic rings. The van der Waals surface area contributed by atoms with E-state index in [4.69, 9.17) is 22.1 Å². The normalized spacial score (nSPS) is 29.9. The van der Waals surface area contributed by atoms with E-state index in [2.05, 4.69) is 6.92 Å². The van der Waals surface area contributed by atoms with Gasteiger partial charge in [0.25, 0.3) is 0 Å². The van der Waals surface area contributed by atoms with Crippen molar-refractivity contribution in [1.82, 2.24) is 0 Å². The molecule has 1 saturated carbocycles. The van der Waals surface area contributed by atoms with Crippen LogP contribution in [0, 0.1) is 5.92 Å². The monoisotopic (exact) mass is 279 g/mol. The van der Waals surface area contributed by atoms with Gasteiger partial charge >= 0.3 is 0 Å². The molecule has 2 N–H and O–H groups in total. The molecule has 1 aliphatic carbocycles. The van der Waals surface area contributed by atoms with Gasteiger partial charge < -0.3 is 10.5 Å². The fourth-order valence-electron chi connectivity index (χ4n) is 3.72. The number of nitrogens with two attached hydrogens (primary N) is 1. The van der Waals surface area contributed by atoms with Gasteiger partial charge in [0.15, 0.2) is 0 Å². The smallest absolute Gasteiger partial charge is 0.125 e. The van der Waals surface area contributed by atoms with E-state index in [1.54, 1.807) is 0 Å². The van der Waals surface area contributed by atoms with Crippen LogP contribution in [0.1, 0.15) is 43.7 Å². The number of hydrogen-bond donors (Lipinski definition) is 1. The van der Waals surface area contributed by atoms with Gasteiger partial charge in [-0.25, -0.2) is 0 Å². The quantitative estimate of drug-likeness (QED) is 0.895. The molecule has 2 unspecified atom stereocenters. The SMILES string of the molecule is CC1CCCC(N)(Cc2cc(Cl)cc3c2OCC3)C1. The standard InChI is InChI=1S/C16H22ClNO/c1-11-3-2-5-16(18,9-11)10-13-8-14(17)7-12-4-6-19-15(12)13/h7-8,11H,2-6,9-10,18H2,1H3. The van der Waals surface area contributed by atoms with Gasteiger partial charge in [-0.2, -0.15) is 0 Å². The van der Waals surface area contributed by atoms with Crippen molar-refractivity contribution < 1.29 is 4.74 Å². The average Bonchev–Trinajstić information content (AvgIpc) is 2.75. The summed E-state index contributed by atoms with van der Waals surface area (Å²) in [6.45, 7) is 3.08. The number of fused-ring (bicyclic) bond motifs is 1. The summed E-state index contributed by atoms with van der Waals surface area (Å²) in [5, 5.41) is 0.812. The Kier molecular flexibility index (Phi) is 3.48. The molecule has 0 amide bonds. The minimum atomic E-state index is -0.0813. The molecule has 19 heavy (non-hydrogen) atoms. The Morgan fingerprint density at radius 3 is 3.11 bits per heavy atom. The van der Waals surface area contributed by atoms with Crippen LogP contribution in [0.3, 0.4) is 0 Å². The van der Waals surface area contributed by atoms with Crippen molar-refractivity contribution in [2.45, 2.75) is 51.0 Å². The second kappa shape index (κ2) is 4.99. The first-order valence-corrected chi connectivity index (χ1v) is 7.66. The fraction of sp³-hybridized carbons (Fsp3) is 0.625. The highest BCUT2D eigenvalue weighted by atomic mass is 35.5. The lowest BCUT2D eigenvalue weighted by Crippen LogP contribution is -2.45. The lowest BCUT2D eigenvalue weighted by atomic mass is 9.74. The van der Waals surface area contributed by atoms with Gasteiger partial charge in [0.2, 0.25) is 0 Å². The molecule has 1 heterocycles. The third-order valence-corrected chi connectivity index (χ3v) is 4.71. The van der Waals surface area contributed by atoms with Crippen LogP contribution < -0.4 is 10.5 Å². The van der Waals surface area contributed by atoms with Crippen LogP contribution in [0.15, 0.2) is 12.1 Å². The van der Waals surface area contributed by atoms with Crippen molar-refractivity contribution in [1.29, 1.82) is 0 Å². The summed E-state index contributed by atoms with van der Waals surface area (Å²) in [5.41, 5.74) is 9.00. The Labute approximate surface area is 120 Å². The van der Waals surface area contributed by atoms with Crippen LogP contribution in [0.2, 0.25) is 5.02 Å². The van der Waals surface area contributed by atoms with Crippen molar-refractivity contribution in [3.63, 3.8) is 0 Å². The summed E-state index contributed by atoms with van der Waals surface area (Å²) >= 11 is 6.22. The van der Waals surface area contributed by atoms with E-state index in [9.17, 15) is 0 Å². The molecule has 0 spiro atoms. The Morgan fingerprint density at radius 2 is 2.32 bits per heavy atom. The molecular formula is C16H22ClNO. The lowest BCUT2D eigenvalue weighted by Gasteiger charge is -2.37. The molecule has 0 saturated heterocycles. The maximum absolute atomic E-state index is 6.63. The van der Waals surface area contributed by atoms with E-state index in [1.165, 1.54) is 24.0 Å². The van der Waals surface area contributed by atoms with Crippen molar-refractivity contribution in [3.8, 4) is 5.75 Å². The van der Waals surface area contributed by atoms with E-state index in [-0.39, 0.29) is 5.54 Å². The Morgan fingerprint density at radius 1 is 1.47 bits per heavy atom. The molecule has 1 fully saturated rings. The second-order valence-corrected chi connectivity index (χ2v) is 6.83. The number of rotatable bonds is 2. The Balaban J connectivity index is 1.87. The molecule has 0 bridgehead atoms. The zero-order chi connectivity index (χ0) is 13.5. The molecular weight excluding hydrogens is 258 g/mol. The molecule has 2 atom stereocenters. The number of halogens is 1. The van der Waals surface area contributed by atoms with E-state index in [0.29, 0.717) is 0 Å². The van der Waals surface area contributed by atoms with Crippen molar-refractivity contribution >= 4 is 11.6 Å². The maximum Gasteiger partial charge on any atom is 0.125 e. The molecule has 1 aliphatic heterocycles. The summed E-state index contributed by atoms with van der Waals surface area (Å²) in [6.07, 6.45) is 6.62. The highest BCUT2D eigenvalue weighted by Crippen LogP contribution is 2.38. The van der Waals surface area contributed by atoms with Gasteiger partial charge in [0.05, 0.1) is 6.61 Å². The first kappa shape index (κ1) is 13.3. The molecule has 0 aromatic heterocycles. The Hall–Kier alpha value is -0.730. The van der Waals surface area contributed by atoms with Crippen LogP contribution in [0.5, 0.6) is 5.75 Å². The summed E-state index contributed by atoms with van der Waals surface area (Å²) < 4.78 is 5.78. The van der Waals surface area contributed by atoms with Gasteiger partial charge in [-0.05, 0) is 48.4 Å². The topological polar surface area (TPSA) is 35.2 Å². The van der Waals surface area contributed by atoms with Crippen LogP contribution in [0.4, 0.5) is 0 Å². The van der Waals surface area contributed by atoms with Gasteiger partial charge in [-0.15, -0.1) is 0 Å². The van der Waals surface area contributed by atoms with Gasteiger partial charge in [0.1, 0.15) is 5.75 Å². The molecule has 3 rings (SSSR count). The highest BCUT2D eigenvalue weighted by molar-refractivity contribution is 6.30. The average molecular weight is 280 g/mol. The molecule has 104 valence electrons. The van der Waals surface area contributed by atoms with E-state index < -0.39 is 0 Å². The first-order chi connectivity index (χ1) is 9.06. The Bertz CT molecular complexity index is 488. The van der Waals surface area contributed by atoms with Crippen LogP contribution in [-0.2, 0) is 12.8 Å². The molecule has 2 aliphatic rings. The van der Waals surface area contributed by atoms with E-state index >= 15 is 0 Å². The summed E-state index contributed by atoms with van der Waals surface area (Å²) in [5.74, 6) is 1.78. The fourth-order valence-corrected chi connectivity index (χ4v) is 3.98. The minimum absolute atomic E-state index is 0.0813. The third-order valence-electron chi connectivity index (χ3n) is 4.49. The van der Waals surface area contributed by atoms with Crippen molar-refractivity contribution in [2.75, 3.05) is 6.61 Å². The zero-order valence-corrected chi connectivity index (χ0v) is 12.3. The zero-order valence-electron chi connectivity index (χ0n) is 11.5. The van der Waals surface area contributed by atoms with Crippen LogP contribution in [-0.4, -0.2) is 12.1 Å². The van der Waals surface area contributed by atoms with Crippen LogP contribution in [0.25, 0.3) is 0 Å². The lowest BCUT2D eigenvalue weighted by molar-refractivity contribution is 0.233. The molecule has 0 radical (unpaired) electrons. The second-order valence-electron chi connectivity index (χ2n) is 6.39. The van der Waals surface area contributed by atoms with Gasteiger partial charge in [-0.3, -0.25) is 0 Å². The number of ether oxygens (including phenoxy) is 1. The van der Waals surface area contributed by atoms with Crippen molar-refractivity contribution in [2.24, 2.45) is 11.7 Å². The molecule has 2 nitrogen and oxygen atoms in total. The maximum atomic E-state index is 6.63. The minimum Gasteiger partial charge on any atom is -0.493 e. The largest absolute Gasteiger partial charge is 0.493 e. The molecule has 3 heteroatoms. The predicted octanol–water partition coefficient (Wildman–Crippen LogP) is 3.73. The number of hydrogen-bond acceptors (Lipinski definition) is 2. The van der Waals surface area contributed by atoms with Crippen molar-refractivity contribution in [3.05, 3.63) is 28.3 Å². The summed E-state index contributed by atoms with van der Waals surface area (Å²) in [6, 6.07) is 4.07. The first-order valence-electron chi connectivity index (χ1n) is 7.29. The summed E-state index contributed by atoms with van der Waals surface area (Å²) in [7, 11) is 0. The predicted molar refractivity (Wildman–Crippen MR) is 78.9 cm³/mol. The third kappa shape index (κ3) is 2.75. The van der Waals surface area contributed by atoms with Gasteiger partial charge in [-0.1, -0.05) is 31.4 Å². The van der Waals surface area contributed by atoms with Gasteiger partial charge in [0, 0.05) is 17.0 Å². The number of benzene rings is 1.